The Bertz CT molecular complexity index is 925. The Morgan fingerprint density at radius 1 is 1.00 bits per heavy atom. The second kappa shape index (κ2) is 8.32. The van der Waals surface area contributed by atoms with Crippen molar-refractivity contribution in [2.24, 2.45) is 0 Å². The highest BCUT2D eigenvalue weighted by Crippen LogP contribution is 2.32. The molecule has 0 aromatic heterocycles. The van der Waals surface area contributed by atoms with E-state index in [2.05, 4.69) is 5.32 Å². The lowest BCUT2D eigenvalue weighted by atomic mass is 10.2. The first-order chi connectivity index (χ1) is 12.6. The van der Waals surface area contributed by atoms with Crippen LogP contribution in [0, 0.1) is 5.82 Å². The normalized spacial score (nSPS) is 10.7. The number of anilines is 1. The van der Waals surface area contributed by atoms with Gasteiger partial charge in [-0.2, -0.15) is 0 Å². The van der Waals surface area contributed by atoms with E-state index in [4.69, 9.17) is 16.3 Å². The second-order valence-corrected chi connectivity index (χ2v) is 5.87. The summed E-state index contributed by atoms with van der Waals surface area (Å²) in [4.78, 5) is 12.2. The molecule has 0 atom stereocenters. The van der Waals surface area contributed by atoms with Crippen LogP contribution >= 0.6 is 11.6 Å². The van der Waals surface area contributed by atoms with Crippen LogP contribution in [0.25, 0.3) is 6.08 Å². The van der Waals surface area contributed by atoms with Crippen LogP contribution in [-0.4, -0.2) is 5.91 Å². The molecule has 0 saturated carbocycles. The first kappa shape index (κ1) is 17.7. The number of carbonyl (C=O) groups excluding carboxylic acids is 1. The number of nitrogens with one attached hydrogen (secondary N) is 1. The van der Waals surface area contributed by atoms with Gasteiger partial charge in [-0.05, 0) is 54.1 Å². The van der Waals surface area contributed by atoms with Gasteiger partial charge >= 0.3 is 0 Å². The molecule has 3 aromatic carbocycles. The van der Waals surface area contributed by atoms with Crippen molar-refractivity contribution in [2.75, 3.05) is 5.32 Å². The topological polar surface area (TPSA) is 38.3 Å². The monoisotopic (exact) mass is 367 g/mol. The number of carbonyl (C=O) groups is 1. The average molecular weight is 368 g/mol. The largest absolute Gasteiger partial charge is 0.455 e. The fraction of sp³-hybridized carbons (Fsp3) is 0. The lowest BCUT2D eigenvalue weighted by molar-refractivity contribution is -0.111. The molecule has 26 heavy (non-hydrogen) atoms. The summed E-state index contributed by atoms with van der Waals surface area (Å²) in [6.07, 6.45) is 2.96. The molecule has 0 radical (unpaired) electrons. The molecule has 0 aliphatic carbocycles. The van der Waals surface area contributed by atoms with Crippen LogP contribution in [0.4, 0.5) is 10.1 Å². The molecule has 3 aromatic rings. The molecule has 1 N–H and O–H groups in total. The Hall–Kier alpha value is -3.11. The zero-order chi connectivity index (χ0) is 18.4. The summed E-state index contributed by atoms with van der Waals surface area (Å²) in [6.45, 7) is 0. The molecular weight excluding hydrogens is 353 g/mol. The summed E-state index contributed by atoms with van der Waals surface area (Å²) in [7, 11) is 0. The van der Waals surface area contributed by atoms with Gasteiger partial charge in [0.25, 0.3) is 0 Å². The van der Waals surface area contributed by atoms with E-state index in [0.29, 0.717) is 27.8 Å². The summed E-state index contributed by atoms with van der Waals surface area (Å²) in [5.41, 5.74) is 1.17. The third kappa shape index (κ3) is 4.94. The standard InChI is InChI=1S/C21H15ClFNO2/c22-16-9-12-20(26-18-4-2-1-3-5-18)19(14-16)24-21(25)13-8-15-6-10-17(23)11-7-15/h1-14H,(H,24,25)/b13-8+. The Balaban J connectivity index is 1.74. The van der Waals surface area contributed by atoms with Crippen LogP contribution in [0.1, 0.15) is 5.56 Å². The minimum absolute atomic E-state index is 0.326. The van der Waals surface area contributed by atoms with Crippen LogP contribution < -0.4 is 10.1 Å². The molecule has 5 heteroatoms. The maximum absolute atomic E-state index is 12.9. The minimum Gasteiger partial charge on any atom is -0.455 e. The van der Waals surface area contributed by atoms with Crippen LogP contribution in [0.15, 0.2) is 78.9 Å². The van der Waals surface area contributed by atoms with Gasteiger partial charge in [-0.1, -0.05) is 41.9 Å². The molecule has 0 aliphatic rings. The van der Waals surface area contributed by atoms with Crippen molar-refractivity contribution >= 4 is 29.3 Å². The third-order valence-electron chi connectivity index (χ3n) is 3.47. The van der Waals surface area contributed by atoms with E-state index in [1.165, 1.54) is 18.2 Å². The smallest absolute Gasteiger partial charge is 0.248 e. The van der Waals surface area contributed by atoms with E-state index in [-0.39, 0.29) is 11.7 Å². The van der Waals surface area contributed by atoms with E-state index in [1.807, 2.05) is 30.3 Å². The van der Waals surface area contributed by atoms with Crippen molar-refractivity contribution in [3.8, 4) is 11.5 Å². The first-order valence-corrected chi connectivity index (χ1v) is 8.25. The third-order valence-corrected chi connectivity index (χ3v) is 3.70. The van der Waals surface area contributed by atoms with E-state index >= 15 is 0 Å². The highest BCUT2D eigenvalue weighted by Gasteiger charge is 2.08. The quantitative estimate of drug-likeness (QED) is 0.568. The number of amides is 1. The van der Waals surface area contributed by atoms with Crippen molar-refractivity contribution in [1.29, 1.82) is 0 Å². The summed E-state index contributed by atoms with van der Waals surface area (Å²) in [6, 6.07) is 20.1. The maximum atomic E-state index is 12.9. The molecule has 1 amide bonds. The van der Waals surface area contributed by atoms with Crippen molar-refractivity contribution in [2.45, 2.75) is 0 Å². The fourth-order valence-electron chi connectivity index (χ4n) is 2.22. The van der Waals surface area contributed by atoms with Gasteiger partial charge in [0.15, 0.2) is 5.75 Å². The number of halogens is 2. The van der Waals surface area contributed by atoms with Crippen molar-refractivity contribution in [1.82, 2.24) is 0 Å². The van der Waals surface area contributed by atoms with E-state index in [0.717, 1.165) is 0 Å². The van der Waals surface area contributed by atoms with Gasteiger partial charge in [0.2, 0.25) is 5.91 Å². The fourth-order valence-corrected chi connectivity index (χ4v) is 2.40. The molecule has 0 bridgehead atoms. The molecule has 0 aliphatic heterocycles. The molecule has 0 saturated heterocycles. The van der Waals surface area contributed by atoms with Crippen molar-refractivity contribution < 1.29 is 13.9 Å². The Kier molecular flexibility index (Phi) is 5.66. The predicted molar refractivity (Wildman–Crippen MR) is 102 cm³/mol. The zero-order valence-corrected chi connectivity index (χ0v) is 14.4. The highest BCUT2D eigenvalue weighted by atomic mass is 35.5. The van der Waals surface area contributed by atoms with Gasteiger partial charge in [0, 0.05) is 11.1 Å². The van der Waals surface area contributed by atoms with Gasteiger partial charge in [-0.3, -0.25) is 4.79 Å². The van der Waals surface area contributed by atoms with Crippen LogP contribution in [-0.2, 0) is 4.79 Å². The molecule has 0 heterocycles. The van der Waals surface area contributed by atoms with Gasteiger partial charge in [-0.15, -0.1) is 0 Å². The zero-order valence-electron chi connectivity index (χ0n) is 13.7. The number of para-hydroxylation sites is 1. The molecule has 130 valence electrons. The Labute approximate surface area is 155 Å². The number of ether oxygens (including phenoxy) is 1. The molecule has 0 fully saturated rings. The lowest BCUT2D eigenvalue weighted by Gasteiger charge is -2.12. The van der Waals surface area contributed by atoms with E-state index in [9.17, 15) is 9.18 Å². The Morgan fingerprint density at radius 3 is 2.46 bits per heavy atom. The molecule has 0 spiro atoms. The van der Waals surface area contributed by atoms with Crippen molar-refractivity contribution in [3.05, 3.63) is 95.3 Å². The highest BCUT2D eigenvalue weighted by molar-refractivity contribution is 6.31. The average Bonchev–Trinajstić information content (AvgIpc) is 2.64. The summed E-state index contributed by atoms with van der Waals surface area (Å²) < 4.78 is 18.7. The summed E-state index contributed by atoms with van der Waals surface area (Å²) in [5.74, 6) is 0.444. The molecule has 0 unspecified atom stereocenters. The summed E-state index contributed by atoms with van der Waals surface area (Å²) >= 11 is 6.03. The molecule has 3 nitrogen and oxygen atoms in total. The number of hydrogen-bond acceptors (Lipinski definition) is 2. The number of hydrogen-bond donors (Lipinski definition) is 1. The summed E-state index contributed by atoms with van der Waals surface area (Å²) in [5, 5.41) is 3.22. The SMILES string of the molecule is O=C(/C=C/c1ccc(F)cc1)Nc1cc(Cl)ccc1Oc1ccccc1. The van der Waals surface area contributed by atoms with Gasteiger partial charge in [0.1, 0.15) is 11.6 Å². The first-order valence-electron chi connectivity index (χ1n) is 7.87. The van der Waals surface area contributed by atoms with E-state index < -0.39 is 0 Å². The van der Waals surface area contributed by atoms with Crippen LogP contribution in [0.3, 0.4) is 0 Å². The second-order valence-electron chi connectivity index (χ2n) is 5.43. The van der Waals surface area contributed by atoms with E-state index in [1.54, 1.807) is 36.4 Å². The molecule has 3 rings (SSSR count). The number of rotatable bonds is 5. The van der Waals surface area contributed by atoms with Gasteiger partial charge < -0.3 is 10.1 Å². The Morgan fingerprint density at radius 2 is 1.73 bits per heavy atom. The lowest BCUT2D eigenvalue weighted by Crippen LogP contribution is -2.08. The van der Waals surface area contributed by atoms with Crippen LogP contribution in [0.2, 0.25) is 5.02 Å². The van der Waals surface area contributed by atoms with Gasteiger partial charge in [0.05, 0.1) is 5.69 Å². The van der Waals surface area contributed by atoms with Crippen LogP contribution in [0.5, 0.6) is 11.5 Å². The molecular formula is C21H15ClFNO2. The van der Waals surface area contributed by atoms with Crippen molar-refractivity contribution in [3.63, 3.8) is 0 Å². The predicted octanol–water partition coefficient (Wildman–Crippen LogP) is 5.92. The minimum atomic E-state index is -0.352. The number of benzene rings is 3. The maximum Gasteiger partial charge on any atom is 0.248 e. The van der Waals surface area contributed by atoms with Gasteiger partial charge in [-0.25, -0.2) is 4.39 Å².